The first-order valence-electron chi connectivity index (χ1n) is 8.83. The van der Waals surface area contributed by atoms with Crippen LogP contribution in [0.1, 0.15) is 43.4 Å². The summed E-state index contributed by atoms with van der Waals surface area (Å²) in [5.74, 6) is -1.55. The predicted molar refractivity (Wildman–Crippen MR) is 96.3 cm³/mol. The van der Waals surface area contributed by atoms with Gasteiger partial charge in [0.15, 0.2) is 12.2 Å². The quantitative estimate of drug-likeness (QED) is 0.593. The number of rotatable bonds is 8. The summed E-state index contributed by atoms with van der Waals surface area (Å²) in [6.45, 7) is 0.760. The summed E-state index contributed by atoms with van der Waals surface area (Å²) in [6.07, 6.45) is -7.74. The Morgan fingerprint density at radius 2 is 1.25 bits per heavy atom. The summed E-state index contributed by atoms with van der Waals surface area (Å²) in [4.78, 5) is 23.7. The Labute approximate surface area is 161 Å². The SMILES string of the molecule is CC(OC(=O)CCCC(=O)OC(c1ccccc1)c1ccccc1)C(F)(F)F. The molecule has 0 aliphatic carbocycles. The third kappa shape index (κ3) is 6.72. The van der Waals surface area contributed by atoms with Crippen LogP contribution in [-0.4, -0.2) is 24.2 Å². The highest BCUT2D eigenvalue weighted by Gasteiger charge is 2.39. The zero-order valence-corrected chi connectivity index (χ0v) is 15.3. The molecule has 0 N–H and O–H groups in total. The number of carbonyl (C=O) groups is 2. The Hall–Kier alpha value is -2.83. The molecular weight excluding hydrogens is 373 g/mol. The van der Waals surface area contributed by atoms with Gasteiger partial charge < -0.3 is 9.47 Å². The van der Waals surface area contributed by atoms with E-state index in [0.29, 0.717) is 0 Å². The van der Waals surface area contributed by atoms with Crippen LogP contribution in [0.2, 0.25) is 0 Å². The molecule has 2 aromatic carbocycles. The van der Waals surface area contributed by atoms with Crippen molar-refractivity contribution in [3.8, 4) is 0 Å². The molecule has 150 valence electrons. The lowest BCUT2D eigenvalue weighted by Gasteiger charge is -2.19. The molecule has 0 aliphatic heterocycles. The van der Waals surface area contributed by atoms with E-state index >= 15 is 0 Å². The molecule has 0 heterocycles. The molecule has 0 aromatic heterocycles. The van der Waals surface area contributed by atoms with Crippen LogP contribution in [-0.2, 0) is 19.1 Å². The van der Waals surface area contributed by atoms with Gasteiger partial charge in [0.05, 0.1) is 0 Å². The van der Waals surface area contributed by atoms with Crippen molar-refractivity contribution >= 4 is 11.9 Å². The Balaban J connectivity index is 1.90. The van der Waals surface area contributed by atoms with E-state index in [1.807, 2.05) is 60.7 Å². The van der Waals surface area contributed by atoms with Crippen LogP contribution in [0.25, 0.3) is 0 Å². The lowest BCUT2D eigenvalue weighted by Crippen LogP contribution is -2.30. The van der Waals surface area contributed by atoms with Gasteiger partial charge in [0.1, 0.15) is 0 Å². The van der Waals surface area contributed by atoms with E-state index in [2.05, 4.69) is 4.74 Å². The number of ether oxygens (including phenoxy) is 2. The van der Waals surface area contributed by atoms with Crippen LogP contribution >= 0.6 is 0 Å². The highest BCUT2D eigenvalue weighted by Crippen LogP contribution is 2.27. The van der Waals surface area contributed by atoms with Gasteiger partial charge in [-0.3, -0.25) is 9.59 Å². The average Bonchev–Trinajstić information content (AvgIpc) is 2.66. The molecule has 0 bridgehead atoms. The van der Waals surface area contributed by atoms with Crippen molar-refractivity contribution in [2.24, 2.45) is 0 Å². The molecule has 2 rings (SSSR count). The lowest BCUT2D eigenvalue weighted by molar-refractivity contribution is -0.216. The molecule has 1 atom stereocenters. The third-order valence-electron chi connectivity index (χ3n) is 3.98. The lowest BCUT2D eigenvalue weighted by atomic mass is 10.0. The van der Waals surface area contributed by atoms with E-state index in [1.54, 1.807) is 0 Å². The molecule has 0 saturated heterocycles. The number of benzene rings is 2. The largest absolute Gasteiger partial charge is 0.453 e. The fourth-order valence-corrected chi connectivity index (χ4v) is 2.47. The van der Waals surface area contributed by atoms with Gasteiger partial charge in [-0.15, -0.1) is 0 Å². The van der Waals surface area contributed by atoms with E-state index in [4.69, 9.17) is 4.74 Å². The molecule has 0 radical (unpaired) electrons. The molecular formula is C21H21F3O4. The van der Waals surface area contributed by atoms with Crippen molar-refractivity contribution in [1.29, 1.82) is 0 Å². The highest BCUT2D eigenvalue weighted by molar-refractivity contribution is 5.73. The number of carbonyl (C=O) groups excluding carboxylic acids is 2. The molecule has 0 spiro atoms. The van der Waals surface area contributed by atoms with Gasteiger partial charge in [-0.1, -0.05) is 60.7 Å². The zero-order valence-electron chi connectivity index (χ0n) is 15.3. The second-order valence-corrected chi connectivity index (χ2v) is 6.22. The van der Waals surface area contributed by atoms with Gasteiger partial charge in [0.25, 0.3) is 0 Å². The van der Waals surface area contributed by atoms with Gasteiger partial charge in [-0.25, -0.2) is 0 Å². The average molecular weight is 394 g/mol. The summed E-state index contributed by atoms with van der Waals surface area (Å²) >= 11 is 0. The van der Waals surface area contributed by atoms with Gasteiger partial charge in [0, 0.05) is 12.8 Å². The monoisotopic (exact) mass is 394 g/mol. The van der Waals surface area contributed by atoms with Crippen LogP contribution in [0, 0.1) is 0 Å². The molecule has 1 unspecified atom stereocenters. The van der Waals surface area contributed by atoms with Crippen molar-refractivity contribution in [2.75, 3.05) is 0 Å². The Kier molecular flexibility index (Phi) is 7.61. The fourth-order valence-electron chi connectivity index (χ4n) is 2.47. The van der Waals surface area contributed by atoms with Crippen molar-refractivity contribution in [3.05, 3.63) is 71.8 Å². The molecule has 0 fully saturated rings. The van der Waals surface area contributed by atoms with Gasteiger partial charge in [0.2, 0.25) is 0 Å². The van der Waals surface area contributed by atoms with Gasteiger partial charge in [-0.2, -0.15) is 13.2 Å². The summed E-state index contributed by atoms with van der Waals surface area (Å²) in [7, 11) is 0. The minimum atomic E-state index is -4.60. The van der Waals surface area contributed by atoms with E-state index in [0.717, 1.165) is 18.1 Å². The maximum Gasteiger partial charge on any atom is 0.425 e. The van der Waals surface area contributed by atoms with Crippen molar-refractivity contribution in [2.45, 2.75) is 44.6 Å². The van der Waals surface area contributed by atoms with Crippen LogP contribution in [0.3, 0.4) is 0 Å². The maximum atomic E-state index is 12.4. The van der Waals surface area contributed by atoms with E-state index in [1.165, 1.54) is 0 Å². The van der Waals surface area contributed by atoms with Crippen molar-refractivity contribution in [3.63, 3.8) is 0 Å². The molecule has 7 heteroatoms. The van der Waals surface area contributed by atoms with E-state index in [-0.39, 0.29) is 19.3 Å². The maximum absolute atomic E-state index is 12.4. The van der Waals surface area contributed by atoms with Gasteiger partial charge >= 0.3 is 18.1 Å². The minimum absolute atomic E-state index is 0.0402. The number of alkyl halides is 3. The Morgan fingerprint density at radius 1 is 0.821 bits per heavy atom. The van der Waals surface area contributed by atoms with Crippen molar-refractivity contribution in [1.82, 2.24) is 0 Å². The fraction of sp³-hybridized carbons (Fsp3) is 0.333. The Morgan fingerprint density at radius 3 is 1.68 bits per heavy atom. The topological polar surface area (TPSA) is 52.6 Å². The van der Waals surface area contributed by atoms with Crippen molar-refractivity contribution < 1.29 is 32.2 Å². The zero-order chi connectivity index (χ0) is 20.6. The third-order valence-corrected chi connectivity index (χ3v) is 3.98. The number of hydrogen-bond acceptors (Lipinski definition) is 4. The highest BCUT2D eigenvalue weighted by atomic mass is 19.4. The molecule has 0 saturated carbocycles. The molecule has 28 heavy (non-hydrogen) atoms. The van der Waals surface area contributed by atoms with Crippen LogP contribution in [0.15, 0.2) is 60.7 Å². The minimum Gasteiger partial charge on any atom is -0.453 e. The summed E-state index contributed by atoms with van der Waals surface area (Å²) in [5, 5.41) is 0. The Bertz CT molecular complexity index is 721. The summed E-state index contributed by atoms with van der Waals surface area (Å²) in [6, 6.07) is 18.4. The second kappa shape index (κ2) is 9.92. The molecule has 2 aromatic rings. The number of hydrogen-bond donors (Lipinski definition) is 0. The van der Waals surface area contributed by atoms with E-state index in [9.17, 15) is 22.8 Å². The normalized spacial score (nSPS) is 12.5. The number of halogens is 3. The number of esters is 2. The molecule has 4 nitrogen and oxygen atoms in total. The first kappa shape index (κ1) is 21.5. The molecule has 0 amide bonds. The second-order valence-electron chi connectivity index (χ2n) is 6.22. The standard InChI is InChI=1S/C21H21F3O4/c1-15(21(22,23)24)27-18(25)13-8-14-19(26)28-20(16-9-4-2-5-10-16)17-11-6-3-7-12-17/h2-7,9-12,15,20H,8,13-14H2,1H3. The smallest absolute Gasteiger partial charge is 0.425 e. The van der Waals surface area contributed by atoms with E-state index < -0.39 is 30.3 Å². The first-order chi connectivity index (χ1) is 13.3. The first-order valence-corrected chi connectivity index (χ1v) is 8.83. The van der Waals surface area contributed by atoms with Gasteiger partial charge in [-0.05, 0) is 24.5 Å². The predicted octanol–water partition coefficient (Wildman–Crippen LogP) is 4.98. The van der Waals surface area contributed by atoms with Crippen LogP contribution < -0.4 is 0 Å². The summed E-state index contributed by atoms with van der Waals surface area (Å²) in [5.41, 5.74) is 1.58. The van der Waals surface area contributed by atoms with Crippen LogP contribution in [0.5, 0.6) is 0 Å². The summed E-state index contributed by atoms with van der Waals surface area (Å²) < 4.78 is 47.0. The molecule has 0 aliphatic rings. The van der Waals surface area contributed by atoms with Crippen LogP contribution in [0.4, 0.5) is 13.2 Å².